The zero-order valence-corrected chi connectivity index (χ0v) is 11.3. The molecule has 3 nitrogen and oxygen atoms in total. The Bertz CT molecular complexity index is 349. The minimum Gasteiger partial charge on any atom is -0.308 e. The van der Waals surface area contributed by atoms with E-state index in [1.54, 1.807) is 17.6 Å². The van der Waals surface area contributed by atoms with Crippen LogP contribution in [-0.2, 0) is 17.3 Å². The Labute approximate surface area is 97.8 Å². The summed E-state index contributed by atoms with van der Waals surface area (Å²) in [7, 11) is -0.728. The highest BCUT2D eigenvalue weighted by atomic mass is 32.2. The number of aromatic nitrogens is 1. The van der Waals surface area contributed by atoms with E-state index >= 15 is 0 Å². The van der Waals surface area contributed by atoms with Gasteiger partial charge < -0.3 is 5.32 Å². The molecule has 0 amide bonds. The van der Waals surface area contributed by atoms with Crippen LogP contribution in [-0.4, -0.2) is 27.2 Å². The summed E-state index contributed by atoms with van der Waals surface area (Å²) in [4.78, 5) is 5.65. The third-order valence-electron chi connectivity index (χ3n) is 2.10. The minimum atomic E-state index is -0.728. The fourth-order valence-electron chi connectivity index (χ4n) is 1.42. The molecule has 1 rings (SSSR count). The van der Waals surface area contributed by atoms with Crippen molar-refractivity contribution in [1.82, 2.24) is 10.3 Å². The molecule has 2 unspecified atom stereocenters. The van der Waals surface area contributed by atoms with E-state index in [0.717, 1.165) is 17.2 Å². The summed E-state index contributed by atoms with van der Waals surface area (Å²) in [5, 5.41) is 4.47. The number of nitrogens with zero attached hydrogens (tertiary/aromatic N) is 1. The lowest BCUT2D eigenvalue weighted by molar-refractivity contribution is 0.589. The number of rotatable bonds is 5. The molecule has 15 heavy (non-hydrogen) atoms. The lowest BCUT2D eigenvalue weighted by atomic mass is 10.3. The van der Waals surface area contributed by atoms with Crippen molar-refractivity contribution in [1.29, 1.82) is 0 Å². The summed E-state index contributed by atoms with van der Waals surface area (Å²) in [5.41, 5.74) is 1.11. The summed E-state index contributed by atoms with van der Waals surface area (Å²) < 4.78 is 11.0. The Morgan fingerprint density at radius 3 is 2.67 bits per heavy atom. The van der Waals surface area contributed by atoms with Gasteiger partial charge in [-0.1, -0.05) is 0 Å². The van der Waals surface area contributed by atoms with Crippen LogP contribution in [0.4, 0.5) is 0 Å². The van der Waals surface area contributed by atoms with Gasteiger partial charge in [-0.2, -0.15) is 0 Å². The van der Waals surface area contributed by atoms with Crippen molar-refractivity contribution < 1.29 is 4.21 Å². The van der Waals surface area contributed by atoms with E-state index in [9.17, 15) is 4.21 Å². The third kappa shape index (κ3) is 4.40. The lowest BCUT2D eigenvalue weighted by Crippen LogP contribution is -2.30. The Hall–Kier alpha value is -0.260. The average molecular weight is 246 g/mol. The third-order valence-corrected chi connectivity index (χ3v) is 4.14. The van der Waals surface area contributed by atoms with Crippen molar-refractivity contribution in [2.45, 2.75) is 33.4 Å². The largest absolute Gasteiger partial charge is 0.308 e. The van der Waals surface area contributed by atoms with E-state index in [4.69, 9.17) is 0 Å². The molecule has 1 heterocycles. The van der Waals surface area contributed by atoms with Gasteiger partial charge in [-0.05, 0) is 20.8 Å². The van der Waals surface area contributed by atoms with Crippen molar-refractivity contribution in [2.24, 2.45) is 0 Å². The van der Waals surface area contributed by atoms with Gasteiger partial charge in [0.05, 0.1) is 10.7 Å². The van der Waals surface area contributed by atoms with Gasteiger partial charge in [0.25, 0.3) is 0 Å². The van der Waals surface area contributed by atoms with Crippen LogP contribution in [0, 0.1) is 13.8 Å². The van der Waals surface area contributed by atoms with Crippen molar-refractivity contribution in [3.05, 3.63) is 15.6 Å². The number of nitrogens with one attached hydrogen (secondary N) is 1. The highest BCUT2D eigenvalue weighted by Crippen LogP contribution is 2.16. The van der Waals surface area contributed by atoms with E-state index in [1.165, 1.54) is 4.88 Å². The second kappa shape index (κ2) is 5.72. The van der Waals surface area contributed by atoms with Crippen LogP contribution in [0.3, 0.4) is 0 Å². The molecule has 86 valence electrons. The van der Waals surface area contributed by atoms with E-state index in [-0.39, 0.29) is 6.04 Å². The first-order valence-electron chi connectivity index (χ1n) is 4.95. The van der Waals surface area contributed by atoms with Crippen molar-refractivity contribution in [3.63, 3.8) is 0 Å². The molecular weight excluding hydrogens is 228 g/mol. The van der Waals surface area contributed by atoms with E-state index in [0.29, 0.717) is 5.75 Å². The molecule has 0 aromatic carbocycles. The molecule has 0 radical (unpaired) electrons. The molecule has 5 heteroatoms. The van der Waals surface area contributed by atoms with Gasteiger partial charge in [-0.3, -0.25) is 4.21 Å². The number of thiazole rings is 1. The van der Waals surface area contributed by atoms with Crippen molar-refractivity contribution >= 4 is 22.1 Å². The van der Waals surface area contributed by atoms with Crippen molar-refractivity contribution in [2.75, 3.05) is 12.0 Å². The van der Waals surface area contributed by atoms with Crippen LogP contribution >= 0.6 is 11.3 Å². The first-order chi connectivity index (χ1) is 6.99. The van der Waals surface area contributed by atoms with Gasteiger partial charge in [0, 0.05) is 40.3 Å². The van der Waals surface area contributed by atoms with Gasteiger partial charge in [-0.25, -0.2) is 4.98 Å². The predicted octanol–water partition coefficient (Wildman–Crippen LogP) is 1.62. The standard InChI is InChI=1S/C10H18N2OS2/c1-7(6-15(4)13)11-5-10-8(2)12-9(3)14-10/h7,11H,5-6H2,1-4H3. The van der Waals surface area contributed by atoms with Gasteiger partial charge in [0.15, 0.2) is 0 Å². The molecule has 0 saturated heterocycles. The molecule has 0 bridgehead atoms. The van der Waals surface area contributed by atoms with E-state index in [2.05, 4.69) is 17.2 Å². The maximum absolute atomic E-state index is 11.0. The fourth-order valence-corrected chi connectivity index (χ4v) is 3.13. The minimum absolute atomic E-state index is 0.289. The highest BCUT2D eigenvalue weighted by molar-refractivity contribution is 7.84. The van der Waals surface area contributed by atoms with Crippen LogP contribution in [0.1, 0.15) is 22.5 Å². The van der Waals surface area contributed by atoms with E-state index < -0.39 is 10.8 Å². The smallest absolute Gasteiger partial charge is 0.0900 e. The van der Waals surface area contributed by atoms with E-state index in [1.807, 2.05) is 13.8 Å². The summed E-state index contributed by atoms with van der Waals surface area (Å²) in [6.07, 6.45) is 1.74. The first kappa shape index (κ1) is 12.8. The topological polar surface area (TPSA) is 42.0 Å². The molecule has 1 aromatic heterocycles. The number of hydrogen-bond donors (Lipinski definition) is 1. The zero-order valence-electron chi connectivity index (χ0n) is 9.66. The Morgan fingerprint density at radius 2 is 2.20 bits per heavy atom. The SMILES string of the molecule is Cc1nc(C)c(CNC(C)CS(C)=O)s1. The Balaban J connectivity index is 2.43. The van der Waals surface area contributed by atoms with Gasteiger partial charge in [-0.15, -0.1) is 11.3 Å². The molecule has 0 aliphatic carbocycles. The summed E-state index contributed by atoms with van der Waals surface area (Å²) in [6.45, 7) is 6.94. The van der Waals surface area contributed by atoms with Crippen molar-refractivity contribution in [3.8, 4) is 0 Å². The number of hydrogen-bond acceptors (Lipinski definition) is 4. The second-order valence-corrected chi connectivity index (χ2v) is 6.53. The molecular formula is C10H18N2OS2. The lowest BCUT2D eigenvalue weighted by Gasteiger charge is -2.11. The highest BCUT2D eigenvalue weighted by Gasteiger charge is 2.07. The maximum atomic E-state index is 11.0. The summed E-state index contributed by atoms with van der Waals surface area (Å²) in [6, 6.07) is 0.289. The van der Waals surface area contributed by atoms with Gasteiger partial charge >= 0.3 is 0 Å². The zero-order chi connectivity index (χ0) is 11.4. The Kier molecular flexibility index (Phi) is 4.89. The predicted molar refractivity (Wildman–Crippen MR) is 66.8 cm³/mol. The fraction of sp³-hybridized carbons (Fsp3) is 0.700. The second-order valence-electron chi connectivity index (χ2n) is 3.76. The number of aryl methyl sites for hydroxylation is 2. The molecule has 1 N–H and O–H groups in total. The van der Waals surface area contributed by atoms with Crippen LogP contribution < -0.4 is 5.32 Å². The van der Waals surface area contributed by atoms with Crippen LogP contribution in [0.25, 0.3) is 0 Å². The Morgan fingerprint density at radius 1 is 1.53 bits per heavy atom. The molecule has 0 spiro atoms. The first-order valence-corrected chi connectivity index (χ1v) is 7.49. The average Bonchev–Trinajstić information content (AvgIpc) is 2.40. The molecule has 1 aromatic rings. The molecule has 0 fully saturated rings. The summed E-state index contributed by atoms with van der Waals surface area (Å²) in [5.74, 6) is 0.705. The molecule has 0 aliphatic rings. The quantitative estimate of drug-likeness (QED) is 0.858. The molecule has 2 atom stereocenters. The van der Waals surface area contributed by atoms with Crippen LogP contribution in [0.5, 0.6) is 0 Å². The maximum Gasteiger partial charge on any atom is 0.0900 e. The normalized spacial score (nSPS) is 15.2. The van der Waals surface area contributed by atoms with Gasteiger partial charge in [0.2, 0.25) is 0 Å². The molecule has 0 saturated carbocycles. The molecule has 0 aliphatic heterocycles. The summed E-state index contributed by atoms with van der Waals surface area (Å²) >= 11 is 1.73. The van der Waals surface area contributed by atoms with Gasteiger partial charge in [0.1, 0.15) is 0 Å². The van der Waals surface area contributed by atoms with Crippen LogP contribution in [0.2, 0.25) is 0 Å². The monoisotopic (exact) mass is 246 g/mol. The van der Waals surface area contributed by atoms with Crippen LogP contribution in [0.15, 0.2) is 0 Å².